The first kappa shape index (κ1) is 28.1. The fourth-order valence-corrected chi connectivity index (χ4v) is 3.87. The predicted molar refractivity (Wildman–Crippen MR) is 124 cm³/mol. The molecule has 2 aromatic carbocycles. The topological polar surface area (TPSA) is 44.8 Å². The molecule has 0 aromatic heterocycles. The number of likely N-dealkylation sites (N-methyl/N-ethyl adjacent to an activating group) is 1. The van der Waals surface area contributed by atoms with Crippen molar-refractivity contribution in [3.63, 3.8) is 0 Å². The number of alkyl halides is 7. The van der Waals surface area contributed by atoms with Gasteiger partial charge in [0.05, 0.1) is 17.7 Å². The van der Waals surface area contributed by atoms with Crippen LogP contribution in [0.2, 0.25) is 0 Å². The first-order valence-electron chi connectivity index (χ1n) is 11.2. The zero-order valence-corrected chi connectivity index (χ0v) is 20.2. The van der Waals surface area contributed by atoms with Crippen LogP contribution in [0.25, 0.3) is 0 Å². The molecule has 5 nitrogen and oxygen atoms in total. The molecule has 1 N–H and O–H groups in total. The molecule has 0 unspecified atom stereocenters. The Balaban J connectivity index is 1.81. The zero-order valence-electron chi connectivity index (χ0n) is 19.5. The Morgan fingerprint density at radius 2 is 1.64 bits per heavy atom. The lowest BCUT2D eigenvalue weighted by molar-refractivity contribution is -0.139. The molecule has 0 radical (unpaired) electrons. The number of carbonyl (C=O) groups excluding carboxylic acids is 1. The lowest BCUT2D eigenvalue weighted by atomic mass is 10.0. The summed E-state index contributed by atoms with van der Waals surface area (Å²) in [4.78, 5) is 16.6. The maximum absolute atomic E-state index is 13.8. The Morgan fingerprint density at radius 3 is 2.25 bits per heavy atom. The van der Waals surface area contributed by atoms with Crippen molar-refractivity contribution in [2.75, 3.05) is 51.0 Å². The van der Waals surface area contributed by atoms with E-state index in [9.17, 15) is 31.1 Å². The summed E-state index contributed by atoms with van der Waals surface area (Å²) in [5.41, 5.74) is -2.56. The smallest absolute Gasteiger partial charge is 0.419 e. The summed E-state index contributed by atoms with van der Waals surface area (Å²) in [5, 5.41) is 2.27. The summed E-state index contributed by atoms with van der Waals surface area (Å²) in [5.74, 6) is -1.24. The molecular formula is C24H26ClF6N3O2. The van der Waals surface area contributed by atoms with Crippen LogP contribution < -0.4 is 10.1 Å². The molecule has 198 valence electrons. The van der Waals surface area contributed by atoms with Crippen LogP contribution in [-0.2, 0) is 18.9 Å². The molecule has 1 amide bonds. The number of hydrogen-bond acceptors (Lipinski definition) is 4. The van der Waals surface area contributed by atoms with Crippen molar-refractivity contribution < 1.29 is 35.9 Å². The molecule has 2 aromatic rings. The second-order valence-corrected chi connectivity index (χ2v) is 8.88. The number of halogens is 7. The van der Waals surface area contributed by atoms with Crippen LogP contribution in [0.15, 0.2) is 36.4 Å². The molecular weight excluding hydrogens is 512 g/mol. The predicted octanol–water partition coefficient (Wildman–Crippen LogP) is 5.73. The van der Waals surface area contributed by atoms with Gasteiger partial charge in [0.15, 0.2) is 0 Å². The van der Waals surface area contributed by atoms with E-state index in [4.69, 9.17) is 16.3 Å². The van der Waals surface area contributed by atoms with Crippen molar-refractivity contribution in [1.82, 2.24) is 9.80 Å². The molecule has 36 heavy (non-hydrogen) atoms. The molecule has 12 heteroatoms. The third-order valence-corrected chi connectivity index (χ3v) is 6.01. The quantitative estimate of drug-likeness (QED) is 0.265. The van der Waals surface area contributed by atoms with E-state index in [1.807, 2.05) is 11.9 Å². The number of ether oxygens (including phenoxy) is 1. The number of hydrogen-bond donors (Lipinski definition) is 1. The van der Waals surface area contributed by atoms with E-state index in [1.165, 1.54) is 12.1 Å². The number of benzene rings is 2. The normalized spacial score (nSPS) is 15.7. The largest absolute Gasteiger partial charge is 0.493 e. The van der Waals surface area contributed by atoms with Crippen molar-refractivity contribution in [3.8, 4) is 5.75 Å². The van der Waals surface area contributed by atoms with Crippen LogP contribution in [0.1, 0.15) is 33.5 Å². The second kappa shape index (κ2) is 11.7. The van der Waals surface area contributed by atoms with Gasteiger partial charge < -0.3 is 15.0 Å². The van der Waals surface area contributed by atoms with E-state index < -0.39 is 35.1 Å². The Morgan fingerprint density at radius 1 is 0.972 bits per heavy atom. The maximum atomic E-state index is 13.8. The van der Waals surface area contributed by atoms with Gasteiger partial charge in [-0.1, -0.05) is 6.07 Å². The highest BCUT2D eigenvalue weighted by Gasteiger charge is 2.36. The minimum Gasteiger partial charge on any atom is -0.493 e. The van der Waals surface area contributed by atoms with E-state index in [0.29, 0.717) is 25.6 Å². The van der Waals surface area contributed by atoms with E-state index in [1.54, 1.807) is 0 Å². The van der Waals surface area contributed by atoms with E-state index in [2.05, 4.69) is 10.2 Å². The summed E-state index contributed by atoms with van der Waals surface area (Å²) in [6.07, 6.45) is -9.15. The summed E-state index contributed by atoms with van der Waals surface area (Å²) in [6.45, 7) is 2.78. The van der Waals surface area contributed by atoms with Crippen molar-refractivity contribution in [2.45, 2.75) is 25.3 Å². The molecule has 1 aliphatic rings. The number of nitrogens with zero attached hydrogens (tertiary/aromatic N) is 2. The molecule has 1 aliphatic heterocycles. The fraction of sp³-hybridized carbons (Fsp3) is 0.458. The standard InChI is InChI=1S/C24H26ClF6N3O2/c1-33-8-10-34(11-9-33)15-17-3-5-18(14-19(17)23(26,27)28)32-22(35)16-4-6-21(36-12-2-7-25)20(13-16)24(29,30)31/h3-6,13-14H,2,7-12,15H2,1H3,(H,32,35). The Bertz CT molecular complexity index is 1050. The Hall–Kier alpha value is -2.50. The SMILES string of the molecule is CN1CCN(Cc2ccc(NC(=O)c3ccc(OCCCCl)c(C(F)(F)F)c3)cc2C(F)(F)F)CC1. The van der Waals surface area contributed by atoms with Crippen molar-refractivity contribution in [2.24, 2.45) is 0 Å². The molecule has 0 spiro atoms. The van der Waals surface area contributed by atoms with Crippen LogP contribution >= 0.6 is 11.6 Å². The number of rotatable bonds is 8. The van der Waals surface area contributed by atoms with Crippen LogP contribution in [0, 0.1) is 0 Å². The Kier molecular flexibility index (Phi) is 9.13. The number of anilines is 1. The number of amides is 1. The van der Waals surface area contributed by atoms with Gasteiger partial charge in [-0.15, -0.1) is 11.6 Å². The monoisotopic (exact) mass is 537 g/mol. The third-order valence-electron chi connectivity index (χ3n) is 5.75. The highest BCUT2D eigenvalue weighted by Crippen LogP contribution is 2.38. The molecule has 0 atom stereocenters. The summed E-state index contributed by atoms with van der Waals surface area (Å²) in [7, 11) is 1.94. The average Bonchev–Trinajstić information content (AvgIpc) is 2.80. The molecule has 0 aliphatic carbocycles. The van der Waals surface area contributed by atoms with Gasteiger partial charge in [-0.3, -0.25) is 9.69 Å². The van der Waals surface area contributed by atoms with Gasteiger partial charge in [-0.05, 0) is 49.4 Å². The van der Waals surface area contributed by atoms with Crippen LogP contribution in [-0.4, -0.2) is 61.4 Å². The maximum Gasteiger partial charge on any atom is 0.419 e. The minimum atomic E-state index is -4.80. The van der Waals surface area contributed by atoms with Crippen LogP contribution in [0.5, 0.6) is 5.75 Å². The lowest BCUT2D eigenvalue weighted by Crippen LogP contribution is -2.44. The van der Waals surface area contributed by atoms with Crippen molar-refractivity contribution in [3.05, 3.63) is 58.7 Å². The van der Waals surface area contributed by atoms with Gasteiger partial charge in [-0.2, -0.15) is 26.3 Å². The van der Waals surface area contributed by atoms with Gasteiger partial charge in [0, 0.05) is 49.9 Å². The van der Waals surface area contributed by atoms with Gasteiger partial charge in [0.25, 0.3) is 5.91 Å². The van der Waals surface area contributed by atoms with E-state index >= 15 is 0 Å². The molecule has 1 fully saturated rings. The number of piperazine rings is 1. The molecule has 1 heterocycles. The second-order valence-electron chi connectivity index (χ2n) is 8.50. The van der Waals surface area contributed by atoms with Gasteiger partial charge >= 0.3 is 12.4 Å². The van der Waals surface area contributed by atoms with E-state index in [-0.39, 0.29) is 35.8 Å². The highest BCUT2D eigenvalue weighted by molar-refractivity contribution is 6.17. The fourth-order valence-electron chi connectivity index (χ4n) is 3.76. The molecule has 1 saturated heterocycles. The molecule has 0 saturated carbocycles. The van der Waals surface area contributed by atoms with Crippen LogP contribution in [0.4, 0.5) is 32.0 Å². The van der Waals surface area contributed by atoms with Crippen molar-refractivity contribution >= 4 is 23.2 Å². The summed E-state index contributed by atoms with van der Waals surface area (Å²) < 4.78 is 86.9. The molecule has 0 bridgehead atoms. The first-order chi connectivity index (χ1) is 16.9. The Labute approximate surface area is 210 Å². The summed E-state index contributed by atoms with van der Waals surface area (Å²) >= 11 is 5.51. The van der Waals surface area contributed by atoms with Crippen molar-refractivity contribution in [1.29, 1.82) is 0 Å². The third kappa shape index (κ3) is 7.50. The molecule has 3 rings (SSSR count). The lowest BCUT2D eigenvalue weighted by Gasteiger charge is -2.33. The average molecular weight is 538 g/mol. The number of nitrogens with one attached hydrogen (secondary N) is 1. The zero-order chi connectivity index (χ0) is 26.5. The van der Waals surface area contributed by atoms with Gasteiger partial charge in [0.2, 0.25) is 0 Å². The highest BCUT2D eigenvalue weighted by atomic mass is 35.5. The van der Waals surface area contributed by atoms with Crippen LogP contribution in [0.3, 0.4) is 0 Å². The van der Waals surface area contributed by atoms with Gasteiger partial charge in [0.1, 0.15) is 5.75 Å². The number of carbonyl (C=O) groups is 1. The minimum absolute atomic E-state index is 0.0428. The first-order valence-corrected chi connectivity index (χ1v) is 11.7. The van der Waals surface area contributed by atoms with E-state index in [0.717, 1.165) is 31.3 Å². The van der Waals surface area contributed by atoms with Gasteiger partial charge in [-0.25, -0.2) is 0 Å². The summed E-state index contributed by atoms with van der Waals surface area (Å²) in [6, 6.07) is 6.13.